The maximum absolute atomic E-state index is 13.7. The summed E-state index contributed by atoms with van der Waals surface area (Å²) in [6.07, 6.45) is 1.63. The summed E-state index contributed by atoms with van der Waals surface area (Å²) in [4.78, 5) is 0. The molecular weight excluding hydrogens is 231 g/mol. The summed E-state index contributed by atoms with van der Waals surface area (Å²) >= 11 is 6.10. The van der Waals surface area contributed by atoms with Gasteiger partial charge in [-0.3, -0.25) is 0 Å². The summed E-state index contributed by atoms with van der Waals surface area (Å²) in [6.45, 7) is 2.01. The largest absolute Gasteiger partial charge is 0.493 e. The Balaban J connectivity index is 3.10. The topological polar surface area (TPSA) is 18.5 Å². The molecule has 0 aliphatic heterocycles. The summed E-state index contributed by atoms with van der Waals surface area (Å²) in [6, 6.07) is 2.90. The normalized spacial score (nSPS) is 12.3. The van der Waals surface area contributed by atoms with Crippen LogP contribution in [0.3, 0.4) is 0 Å². The predicted molar refractivity (Wildman–Crippen MR) is 63.0 cm³/mol. The molecule has 1 unspecified atom stereocenters. The van der Waals surface area contributed by atoms with Gasteiger partial charge < -0.3 is 9.47 Å². The van der Waals surface area contributed by atoms with Crippen molar-refractivity contribution in [3.05, 3.63) is 23.5 Å². The molecule has 16 heavy (non-hydrogen) atoms. The molecule has 1 aromatic rings. The minimum absolute atomic E-state index is 0.329. The van der Waals surface area contributed by atoms with Crippen molar-refractivity contribution in [2.24, 2.45) is 0 Å². The highest BCUT2D eigenvalue weighted by molar-refractivity contribution is 6.20. The highest BCUT2D eigenvalue weighted by Gasteiger charge is 2.16. The van der Waals surface area contributed by atoms with Gasteiger partial charge in [0.1, 0.15) is 5.82 Å². The van der Waals surface area contributed by atoms with E-state index in [9.17, 15) is 4.39 Å². The summed E-state index contributed by atoms with van der Waals surface area (Å²) in [5.74, 6) is 0.524. The van der Waals surface area contributed by atoms with E-state index in [0.29, 0.717) is 17.1 Å². The third-order valence-electron chi connectivity index (χ3n) is 2.38. The van der Waals surface area contributed by atoms with Gasteiger partial charge in [0.15, 0.2) is 11.5 Å². The molecule has 2 nitrogen and oxygen atoms in total. The molecule has 0 aliphatic rings. The molecule has 4 heteroatoms. The van der Waals surface area contributed by atoms with E-state index in [0.717, 1.165) is 12.8 Å². The third-order valence-corrected chi connectivity index (χ3v) is 2.84. The van der Waals surface area contributed by atoms with Crippen LogP contribution < -0.4 is 9.47 Å². The predicted octanol–water partition coefficient (Wildman–Crippen LogP) is 3.92. The Morgan fingerprint density at radius 2 is 1.81 bits per heavy atom. The number of ether oxygens (including phenoxy) is 2. The zero-order chi connectivity index (χ0) is 12.1. The number of hydrogen-bond donors (Lipinski definition) is 0. The molecule has 0 bridgehead atoms. The van der Waals surface area contributed by atoms with Crippen LogP contribution in [0.1, 0.15) is 30.7 Å². The van der Waals surface area contributed by atoms with Crippen molar-refractivity contribution in [2.75, 3.05) is 14.2 Å². The van der Waals surface area contributed by atoms with Crippen LogP contribution in [0.5, 0.6) is 11.5 Å². The quantitative estimate of drug-likeness (QED) is 0.733. The van der Waals surface area contributed by atoms with Gasteiger partial charge in [-0.1, -0.05) is 13.3 Å². The van der Waals surface area contributed by atoms with Gasteiger partial charge in [0.2, 0.25) is 0 Å². The molecule has 0 N–H and O–H groups in total. The zero-order valence-electron chi connectivity index (χ0n) is 9.72. The number of halogens is 2. The first kappa shape index (κ1) is 13.1. The first-order valence-electron chi connectivity index (χ1n) is 5.19. The van der Waals surface area contributed by atoms with Crippen molar-refractivity contribution in [3.8, 4) is 11.5 Å². The first-order valence-corrected chi connectivity index (χ1v) is 5.63. The average Bonchev–Trinajstić information content (AvgIpc) is 2.28. The molecule has 0 spiro atoms. The van der Waals surface area contributed by atoms with Crippen LogP contribution >= 0.6 is 11.6 Å². The lowest BCUT2D eigenvalue weighted by atomic mass is 10.1. The molecule has 0 saturated carbocycles. The van der Waals surface area contributed by atoms with Crippen molar-refractivity contribution >= 4 is 11.6 Å². The summed E-state index contributed by atoms with van der Waals surface area (Å²) < 4.78 is 23.8. The van der Waals surface area contributed by atoms with Gasteiger partial charge in [0.25, 0.3) is 0 Å². The van der Waals surface area contributed by atoms with E-state index in [1.54, 1.807) is 6.07 Å². The molecule has 0 fully saturated rings. The fraction of sp³-hybridized carbons (Fsp3) is 0.500. The molecule has 0 aromatic heterocycles. The van der Waals surface area contributed by atoms with Crippen LogP contribution in [0.25, 0.3) is 0 Å². The van der Waals surface area contributed by atoms with E-state index in [2.05, 4.69) is 0 Å². The van der Waals surface area contributed by atoms with E-state index < -0.39 is 0 Å². The number of methoxy groups -OCH3 is 2. The number of rotatable bonds is 5. The lowest BCUT2D eigenvalue weighted by Gasteiger charge is -2.14. The van der Waals surface area contributed by atoms with Gasteiger partial charge in [-0.05, 0) is 12.5 Å². The van der Waals surface area contributed by atoms with E-state index in [1.165, 1.54) is 20.3 Å². The summed E-state index contributed by atoms with van der Waals surface area (Å²) in [5.41, 5.74) is 0.459. The Labute approximate surface area is 100 Å². The standard InChI is InChI=1S/C12H16ClFO2/c1-4-5-9(13)8-6-11(15-2)12(16-3)7-10(8)14/h6-7,9H,4-5H2,1-3H3. The third kappa shape index (κ3) is 2.79. The summed E-state index contributed by atoms with van der Waals surface area (Å²) in [7, 11) is 2.99. The smallest absolute Gasteiger partial charge is 0.163 e. The van der Waals surface area contributed by atoms with Gasteiger partial charge >= 0.3 is 0 Å². The Morgan fingerprint density at radius 1 is 1.25 bits per heavy atom. The number of hydrogen-bond acceptors (Lipinski definition) is 2. The maximum Gasteiger partial charge on any atom is 0.163 e. The second-order valence-corrected chi connectivity index (χ2v) is 4.01. The van der Waals surface area contributed by atoms with Crippen LogP contribution in [-0.2, 0) is 0 Å². The van der Waals surface area contributed by atoms with Crippen LogP contribution in [-0.4, -0.2) is 14.2 Å². The lowest BCUT2D eigenvalue weighted by molar-refractivity contribution is 0.351. The molecule has 1 rings (SSSR count). The minimum atomic E-state index is -0.355. The molecular formula is C12H16ClFO2. The second kappa shape index (κ2) is 5.94. The van der Waals surface area contributed by atoms with Crippen molar-refractivity contribution in [2.45, 2.75) is 25.1 Å². The van der Waals surface area contributed by atoms with Crippen LogP contribution in [0.2, 0.25) is 0 Å². The Hall–Kier alpha value is -0.960. The molecule has 0 amide bonds. The van der Waals surface area contributed by atoms with E-state index in [1.807, 2.05) is 6.92 Å². The second-order valence-electron chi connectivity index (χ2n) is 3.48. The van der Waals surface area contributed by atoms with Gasteiger partial charge in [-0.15, -0.1) is 11.6 Å². The van der Waals surface area contributed by atoms with Crippen molar-refractivity contribution in [1.82, 2.24) is 0 Å². The minimum Gasteiger partial charge on any atom is -0.493 e. The molecule has 90 valence electrons. The van der Waals surface area contributed by atoms with Crippen molar-refractivity contribution < 1.29 is 13.9 Å². The Bertz CT molecular complexity index is 355. The van der Waals surface area contributed by atoms with E-state index >= 15 is 0 Å². The molecule has 0 saturated heterocycles. The molecule has 1 aromatic carbocycles. The summed E-state index contributed by atoms with van der Waals surface area (Å²) in [5, 5.41) is -0.329. The van der Waals surface area contributed by atoms with Gasteiger partial charge in [-0.2, -0.15) is 0 Å². The molecule has 0 heterocycles. The molecule has 1 atom stereocenters. The van der Waals surface area contributed by atoms with Gasteiger partial charge in [0.05, 0.1) is 19.6 Å². The first-order chi connectivity index (χ1) is 7.63. The number of alkyl halides is 1. The fourth-order valence-electron chi connectivity index (χ4n) is 1.52. The SMILES string of the molecule is CCCC(Cl)c1cc(OC)c(OC)cc1F. The molecule has 0 radical (unpaired) electrons. The van der Waals surface area contributed by atoms with Gasteiger partial charge in [-0.25, -0.2) is 4.39 Å². The van der Waals surface area contributed by atoms with Crippen LogP contribution in [0.4, 0.5) is 4.39 Å². The lowest BCUT2D eigenvalue weighted by Crippen LogP contribution is -1.99. The average molecular weight is 247 g/mol. The monoisotopic (exact) mass is 246 g/mol. The van der Waals surface area contributed by atoms with E-state index in [4.69, 9.17) is 21.1 Å². The maximum atomic E-state index is 13.7. The highest BCUT2D eigenvalue weighted by Crippen LogP contribution is 2.36. The van der Waals surface area contributed by atoms with Crippen molar-refractivity contribution in [3.63, 3.8) is 0 Å². The molecule has 0 aliphatic carbocycles. The van der Waals surface area contributed by atoms with E-state index in [-0.39, 0.29) is 11.2 Å². The number of benzene rings is 1. The van der Waals surface area contributed by atoms with Gasteiger partial charge in [0, 0.05) is 11.6 Å². The van der Waals surface area contributed by atoms with Crippen LogP contribution in [0, 0.1) is 5.82 Å². The fourth-order valence-corrected chi connectivity index (χ4v) is 1.90. The van der Waals surface area contributed by atoms with Crippen LogP contribution in [0.15, 0.2) is 12.1 Å². The Kier molecular flexibility index (Phi) is 4.87. The van der Waals surface area contributed by atoms with Crippen molar-refractivity contribution in [1.29, 1.82) is 0 Å². The zero-order valence-corrected chi connectivity index (χ0v) is 10.5. The highest BCUT2D eigenvalue weighted by atomic mass is 35.5. The Morgan fingerprint density at radius 3 is 2.31 bits per heavy atom.